The maximum atomic E-state index is 6.01. The van der Waals surface area contributed by atoms with E-state index in [0.29, 0.717) is 12.6 Å². The van der Waals surface area contributed by atoms with E-state index in [1.165, 1.54) is 11.1 Å². The normalized spacial score (nSPS) is 18.6. The average molecular weight is 277 g/mol. The van der Waals surface area contributed by atoms with Crippen LogP contribution in [0.25, 0.3) is 0 Å². The van der Waals surface area contributed by atoms with Crippen molar-refractivity contribution in [1.82, 2.24) is 9.80 Å². The first-order valence-electron chi connectivity index (χ1n) is 7.57. The minimum Gasteiger partial charge on any atom is -0.496 e. The molecule has 1 unspecified atom stereocenters. The van der Waals surface area contributed by atoms with Crippen LogP contribution < -0.4 is 10.5 Å². The van der Waals surface area contributed by atoms with Crippen LogP contribution in [0.1, 0.15) is 31.0 Å². The summed E-state index contributed by atoms with van der Waals surface area (Å²) in [5.74, 6) is 0.992. The summed E-state index contributed by atoms with van der Waals surface area (Å²) in [7, 11) is 1.74. The number of nitrogens with zero attached hydrogens (tertiary/aromatic N) is 2. The van der Waals surface area contributed by atoms with Crippen LogP contribution >= 0.6 is 0 Å². The van der Waals surface area contributed by atoms with Crippen LogP contribution in [0.2, 0.25) is 0 Å². The van der Waals surface area contributed by atoms with Crippen LogP contribution in [0.4, 0.5) is 0 Å². The number of hydrogen-bond donors (Lipinski definition) is 1. The topological polar surface area (TPSA) is 41.7 Å². The van der Waals surface area contributed by atoms with Gasteiger partial charge in [0.2, 0.25) is 0 Å². The zero-order valence-electron chi connectivity index (χ0n) is 12.9. The molecule has 0 amide bonds. The van der Waals surface area contributed by atoms with E-state index in [0.717, 1.165) is 38.5 Å². The van der Waals surface area contributed by atoms with Gasteiger partial charge in [-0.1, -0.05) is 26.0 Å². The van der Waals surface area contributed by atoms with Crippen molar-refractivity contribution in [3.05, 3.63) is 29.3 Å². The minimum absolute atomic E-state index is 0.329. The highest BCUT2D eigenvalue weighted by Gasteiger charge is 2.30. The van der Waals surface area contributed by atoms with Crippen molar-refractivity contribution < 1.29 is 4.74 Å². The summed E-state index contributed by atoms with van der Waals surface area (Å²) in [6, 6.07) is 6.62. The highest BCUT2D eigenvalue weighted by atomic mass is 16.5. The molecule has 112 valence electrons. The molecule has 1 aromatic carbocycles. The van der Waals surface area contributed by atoms with E-state index in [1.54, 1.807) is 7.11 Å². The van der Waals surface area contributed by atoms with Crippen molar-refractivity contribution >= 4 is 0 Å². The van der Waals surface area contributed by atoms with E-state index >= 15 is 0 Å². The second kappa shape index (κ2) is 7.07. The van der Waals surface area contributed by atoms with Crippen LogP contribution in [0.5, 0.6) is 5.75 Å². The maximum absolute atomic E-state index is 6.01. The van der Waals surface area contributed by atoms with Crippen molar-refractivity contribution in [2.45, 2.75) is 26.4 Å². The summed E-state index contributed by atoms with van der Waals surface area (Å²) in [5, 5.41) is 0. The SMILES string of the molecule is CCN(CC)CCN1Cc2c(OC)cccc2C1CN. The molecule has 2 N–H and O–H groups in total. The number of ether oxygens (including phenoxy) is 1. The molecule has 1 aliphatic rings. The molecule has 1 atom stereocenters. The van der Waals surface area contributed by atoms with Gasteiger partial charge in [0.15, 0.2) is 0 Å². The predicted octanol–water partition coefficient (Wildman–Crippen LogP) is 1.85. The zero-order chi connectivity index (χ0) is 14.5. The standard InChI is InChI=1S/C16H27N3O/c1-4-18(5-2)9-10-19-12-14-13(15(19)11-17)7-6-8-16(14)20-3/h6-8,15H,4-5,9-12,17H2,1-3H3. The van der Waals surface area contributed by atoms with E-state index in [1.807, 2.05) is 6.07 Å². The largest absolute Gasteiger partial charge is 0.496 e. The Hall–Kier alpha value is -1.10. The Morgan fingerprint density at radius 2 is 2.10 bits per heavy atom. The first kappa shape index (κ1) is 15.3. The molecule has 0 saturated heterocycles. The van der Waals surface area contributed by atoms with Crippen LogP contribution in [0.3, 0.4) is 0 Å². The summed E-state index contributed by atoms with van der Waals surface area (Å²) < 4.78 is 5.49. The minimum atomic E-state index is 0.329. The van der Waals surface area contributed by atoms with Gasteiger partial charge in [-0.25, -0.2) is 0 Å². The van der Waals surface area contributed by atoms with Gasteiger partial charge in [0.05, 0.1) is 7.11 Å². The molecule has 0 spiro atoms. The van der Waals surface area contributed by atoms with E-state index in [-0.39, 0.29) is 0 Å². The summed E-state index contributed by atoms with van der Waals surface area (Å²) in [5.41, 5.74) is 8.66. The molecule has 4 nitrogen and oxygen atoms in total. The third kappa shape index (κ3) is 2.97. The molecule has 4 heteroatoms. The molecular weight excluding hydrogens is 250 g/mol. The molecule has 1 heterocycles. The zero-order valence-corrected chi connectivity index (χ0v) is 12.9. The van der Waals surface area contributed by atoms with Gasteiger partial charge in [-0.05, 0) is 24.7 Å². The Morgan fingerprint density at radius 3 is 2.70 bits per heavy atom. The second-order valence-electron chi connectivity index (χ2n) is 5.28. The van der Waals surface area contributed by atoms with E-state index in [9.17, 15) is 0 Å². The molecular formula is C16H27N3O. The van der Waals surface area contributed by atoms with Crippen molar-refractivity contribution in [1.29, 1.82) is 0 Å². The first-order chi connectivity index (χ1) is 9.74. The van der Waals surface area contributed by atoms with Crippen LogP contribution in [0.15, 0.2) is 18.2 Å². The predicted molar refractivity (Wildman–Crippen MR) is 83.0 cm³/mol. The van der Waals surface area contributed by atoms with Crippen molar-refractivity contribution in [3.63, 3.8) is 0 Å². The van der Waals surface area contributed by atoms with Gasteiger partial charge in [0, 0.05) is 37.8 Å². The van der Waals surface area contributed by atoms with Crippen LogP contribution in [-0.4, -0.2) is 49.6 Å². The van der Waals surface area contributed by atoms with E-state index in [4.69, 9.17) is 10.5 Å². The Kier molecular flexibility index (Phi) is 5.40. The number of fused-ring (bicyclic) bond motifs is 1. The quantitative estimate of drug-likeness (QED) is 0.826. The second-order valence-corrected chi connectivity index (χ2v) is 5.28. The molecule has 0 radical (unpaired) electrons. The summed E-state index contributed by atoms with van der Waals surface area (Å²) >= 11 is 0. The highest BCUT2D eigenvalue weighted by Crippen LogP contribution is 2.37. The average Bonchev–Trinajstić information content (AvgIpc) is 2.85. The molecule has 0 bridgehead atoms. The van der Waals surface area contributed by atoms with Crippen LogP contribution in [0, 0.1) is 0 Å². The molecule has 0 aliphatic carbocycles. The summed E-state index contributed by atoms with van der Waals surface area (Å²) in [6.45, 7) is 10.4. The van der Waals surface area contributed by atoms with Gasteiger partial charge < -0.3 is 15.4 Å². The third-order valence-corrected chi connectivity index (χ3v) is 4.37. The van der Waals surface area contributed by atoms with Gasteiger partial charge in [0.1, 0.15) is 5.75 Å². The van der Waals surface area contributed by atoms with Crippen molar-refractivity contribution in [2.75, 3.05) is 39.8 Å². The van der Waals surface area contributed by atoms with Gasteiger partial charge in [-0.3, -0.25) is 4.90 Å². The number of rotatable bonds is 7. The van der Waals surface area contributed by atoms with Gasteiger partial charge in [-0.2, -0.15) is 0 Å². The third-order valence-electron chi connectivity index (χ3n) is 4.37. The fraction of sp³-hybridized carbons (Fsp3) is 0.625. The lowest BCUT2D eigenvalue weighted by Gasteiger charge is -2.27. The molecule has 0 aromatic heterocycles. The smallest absolute Gasteiger partial charge is 0.123 e. The molecule has 1 aromatic rings. The van der Waals surface area contributed by atoms with Crippen LogP contribution in [-0.2, 0) is 6.54 Å². The lowest BCUT2D eigenvalue weighted by molar-refractivity contribution is 0.179. The maximum Gasteiger partial charge on any atom is 0.123 e. The number of benzene rings is 1. The van der Waals surface area contributed by atoms with E-state index < -0.39 is 0 Å². The molecule has 20 heavy (non-hydrogen) atoms. The number of likely N-dealkylation sites (N-methyl/N-ethyl adjacent to an activating group) is 1. The lowest BCUT2D eigenvalue weighted by Crippen LogP contribution is -2.36. The fourth-order valence-corrected chi connectivity index (χ4v) is 3.09. The Labute approximate surface area is 122 Å². The van der Waals surface area contributed by atoms with Gasteiger partial charge >= 0.3 is 0 Å². The highest BCUT2D eigenvalue weighted by molar-refractivity contribution is 5.44. The Balaban J connectivity index is 2.10. The monoisotopic (exact) mass is 277 g/mol. The van der Waals surface area contributed by atoms with Gasteiger partial charge in [0.25, 0.3) is 0 Å². The summed E-state index contributed by atoms with van der Waals surface area (Å²) in [6.07, 6.45) is 0. The number of hydrogen-bond acceptors (Lipinski definition) is 4. The summed E-state index contributed by atoms with van der Waals surface area (Å²) in [4.78, 5) is 4.93. The molecule has 2 rings (SSSR count). The Morgan fingerprint density at radius 1 is 1.35 bits per heavy atom. The lowest BCUT2D eigenvalue weighted by atomic mass is 10.0. The Bertz CT molecular complexity index is 432. The molecule has 1 aliphatic heterocycles. The van der Waals surface area contributed by atoms with Gasteiger partial charge in [-0.15, -0.1) is 0 Å². The molecule has 0 saturated carbocycles. The van der Waals surface area contributed by atoms with Crippen molar-refractivity contribution in [2.24, 2.45) is 5.73 Å². The van der Waals surface area contributed by atoms with Crippen molar-refractivity contribution in [3.8, 4) is 5.75 Å². The number of nitrogens with two attached hydrogens (primary N) is 1. The first-order valence-corrected chi connectivity index (χ1v) is 7.57. The molecule has 0 fully saturated rings. The number of methoxy groups -OCH3 is 1. The van der Waals surface area contributed by atoms with E-state index in [2.05, 4.69) is 35.8 Å². The fourth-order valence-electron chi connectivity index (χ4n) is 3.09.